The number of carbonyl (C=O) groups excluding carboxylic acids is 1. The van der Waals surface area contributed by atoms with Crippen LogP contribution in [0, 0.1) is 0 Å². The zero-order valence-electron chi connectivity index (χ0n) is 18.0. The molecule has 3 heterocycles. The molecule has 1 amide bonds. The second kappa shape index (κ2) is 6.80. The molecule has 1 atom stereocenters. The maximum absolute atomic E-state index is 13.4. The van der Waals surface area contributed by atoms with Gasteiger partial charge in [-0.3, -0.25) is 18.7 Å². The Morgan fingerprint density at radius 2 is 1.55 bits per heavy atom. The smallest absolute Gasteiger partial charge is 0.332 e. The lowest BCUT2D eigenvalue weighted by Crippen LogP contribution is -2.37. The van der Waals surface area contributed by atoms with E-state index in [1.807, 2.05) is 66.7 Å². The van der Waals surface area contributed by atoms with Crippen molar-refractivity contribution < 1.29 is 4.79 Å². The van der Waals surface area contributed by atoms with Gasteiger partial charge in [-0.05, 0) is 34.0 Å². The summed E-state index contributed by atoms with van der Waals surface area (Å²) in [5, 5.41) is 5.41. The summed E-state index contributed by atoms with van der Waals surface area (Å²) in [5.41, 5.74) is 3.16. The molecule has 0 unspecified atom stereocenters. The van der Waals surface area contributed by atoms with Gasteiger partial charge in [-0.15, -0.1) is 0 Å². The van der Waals surface area contributed by atoms with Crippen LogP contribution >= 0.6 is 0 Å². The molecule has 0 radical (unpaired) electrons. The first-order valence-corrected chi connectivity index (χ1v) is 10.7. The lowest BCUT2D eigenvalue weighted by molar-refractivity contribution is -0.116. The highest BCUT2D eigenvalue weighted by Gasteiger charge is 2.37. The van der Waals surface area contributed by atoms with E-state index in [2.05, 4.69) is 10.3 Å². The van der Waals surface area contributed by atoms with Crippen LogP contribution in [-0.4, -0.2) is 20.0 Å². The predicted octanol–water partition coefficient (Wildman–Crippen LogP) is 3.47. The molecule has 7 nitrogen and oxygen atoms in total. The molecule has 0 saturated carbocycles. The number of hydrogen-bond donors (Lipinski definition) is 2. The fraction of sp³-hybridized carbons (Fsp3) is 0.115. The van der Waals surface area contributed by atoms with Crippen molar-refractivity contribution >= 4 is 33.4 Å². The number of hydrogen-bond acceptors (Lipinski definition) is 3. The average Bonchev–Trinajstić information content (AvgIpc) is 3.38. The largest absolute Gasteiger partial charge is 0.340 e. The molecule has 2 N–H and O–H groups in total. The maximum Gasteiger partial charge on any atom is 0.332 e. The highest BCUT2D eigenvalue weighted by Crippen LogP contribution is 2.43. The van der Waals surface area contributed by atoms with E-state index in [9.17, 15) is 14.4 Å². The van der Waals surface area contributed by atoms with Crippen LogP contribution in [0.1, 0.15) is 17.0 Å². The minimum Gasteiger partial charge on any atom is -0.340 e. The average molecular weight is 436 g/mol. The topological polar surface area (TPSA) is 88.9 Å². The second-order valence-electron chi connectivity index (χ2n) is 8.41. The van der Waals surface area contributed by atoms with Crippen molar-refractivity contribution in [2.75, 3.05) is 5.32 Å². The second-order valence-corrected chi connectivity index (χ2v) is 8.41. The van der Waals surface area contributed by atoms with Crippen LogP contribution in [0.3, 0.4) is 0 Å². The van der Waals surface area contributed by atoms with Crippen LogP contribution < -0.4 is 16.6 Å². The monoisotopic (exact) mass is 436 g/mol. The maximum atomic E-state index is 13.4. The molecular weight excluding hydrogens is 416 g/mol. The van der Waals surface area contributed by atoms with Crippen LogP contribution in [0.4, 0.5) is 5.69 Å². The number of benzene rings is 3. The minimum absolute atomic E-state index is 0.199. The summed E-state index contributed by atoms with van der Waals surface area (Å²) in [6.45, 7) is 0. The molecule has 0 aliphatic carbocycles. The third-order valence-electron chi connectivity index (χ3n) is 6.57. The van der Waals surface area contributed by atoms with Gasteiger partial charge in [0.1, 0.15) is 5.65 Å². The van der Waals surface area contributed by atoms with E-state index in [1.54, 1.807) is 7.05 Å². The van der Waals surface area contributed by atoms with Crippen LogP contribution in [0.5, 0.6) is 0 Å². The van der Waals surface area contributed by atoms with Crippen LogP contribution in [-0.2, 0) is 18.9 Å². The Kier molecular flexibility index (Phi) is 3.98. The van der Waals surface area contributed by atoms with Crippen LogP contribution in [0.15, 0.2) is 76.3 Å². The van der Waals surface area contributed by atoms with Gasteiger partial charge in [0.15, 0.2) is 0 Å². The van der Waals surface area contributed by atoms with E-state index in [4.69, 9.17) is 0 Å². The number of H-pyrrole nitrogens is 1. The van der Waals surface area contributed by atoms with Crippen molar-refractivity contribution in [2.24, 2.45) is 14.1 Å². The molecule has 3 aromatic carbocycles. The van der Waals surface area contributed by atoms with Crippen molar-refractivity contribution in [3.63, 3.8) is 0 Å². The summed E-state index contributed by atoms with van der Waals surface area (Å²) in [7, 11) is 3.08. The number of nitrogens with zero attached hydrogens (tertiary/aromatic N) is 2. The van der Waals surface area contributed by atoms with E-state index in [-0.39, 0.29) is 5.91 Å². The Hall–Kier alpha value is -4.39. The standard InChI is InChI=1S/C26H20N4O3/c1-29-23-21(25(32)30(2)26(29)33)20(19-17-9-5-6-10-18(17)27-24(19)31)22(28-23)16-12-11-14-7-3-4-8-15(14)13-16/h3-13,19,28H,1-2H3,(H,27,31)/t19-/m0/s1. The lowest BCUT2D eigenvalue weighted by Gasteiger charge is -2.12. The number of amides is 1. The van der Waals surface area contributed by atoms with E-state index in [0.29, 0.717) is 22.3 Å². The summed E-state index contributed by atoms with van der Waals surface area (Å²) in [4.78, 5) is 42.5. The molecule has 6 rings (SSSR count). The van der Waals surface area contributed by atoms with E-state index >= 15 is 0 Å². The Balaban J connectivity index is 1.76. The first-order chi connectivity index (χ1) is 16.0. The van der Waals surface area contributed by atoms with Gasteiger partial charge in [0, 0.05) is 25.3 Å². The molecule has 7 heteroatoms. The number of aromatic nitrogens is 3. The number of aryl methyl sites for hydroxylation is 1. The summed E-state index contributed by atoms with van der Waals surface area (Å²) < 4.78 is 2.51. The van der Waals surface area contributed by atoms with Gasteiger partial charge in [0.05, 0.1) is 17.0 Å². The number of carbonyl (C=O) groups is 1. The van der Waals surface area contributed by atoms with Crippen molar-refractivity contribution in [3.05, 3.63) is 98.7 Å². The highest BCUT2D eigenvalue weighted by atomic mass is 16.2. The molecule has 33 heavy (non-hydrogen) atoms. The van der Waals surface area contributed by atoms with Gasteiger partial charge in [0.2, 0.25) is 5.91 Å². The summed E-state index contributed by atoms with van der Waals surface area (Å²) in [5.74, 6) is -0.878. The Bertz CT molecular complexity index is 1740. The van der Waals surface area contributed by atoms with E-state index in [1.165, 1.54) is 11.6 Å². The number of rotatable bonds is 2. The quantitative estimate of drug-likeness (QED) is 0.444. The molecular formula is C26H20N4O3. The fourth-order valence-corrected chi connectivity index (χ4v) is 4.90. The van der Waals surface area contributed by atoms with Gasteiger partial charge < -0.3 is 10.3 Å². The zero-order chi connectivity index (χ0) is 22.9. The molecule has 1 aliphatic heterocycles. The highest BCUT2D eigenvalue weighted by molar-refractivity contribution is 6.09. The Morgan fingerprint density at radius 3 is 2.36 bits per heavy atom. The van der Waals surface area contributed by atoms with Crippen molar-refractivity contribution in [1.29, 1.82) is 0 Å². The van der Waals surface area contributed by atoms with Gasteiger partial charge in [-0.25, -0.2) is 4.79 Å². The molecule has 1 aliphatic rings. The fourth-order valence-electron chi connectivity index (χ4n) is 4.90. The molecule has 0 saturated heterocycles. The first-order valence-electron chi connectivity index (χ1n) is 10.7. The van der Waals surface area contributed by atoms with Crippen molar-refractivity contribution in [2.45, 2.75) is 5.92 Å². The van der Waals surface area contributed by atoms with Crippen molar-refractivity contribution in [3.8, 4) is 11.3 Å². The molecule has 5 aromatic rings. The minimum atomic E-state index is -0.679. The third kappa shape index (κ3) is 2.65. The van der Waals surface area contributed by atoms with E-state index < -0.39 is 17.2 Å². The van der Waals surface area contributed by atoms with E-state index in [0.717, 1.165) is 32.2 Å². The molecule has 0 bridgehead atoms. The number of fused-ring (bicyclic) bond motifs is 3. The van der Waals surface area contributed by atoms with Crippen LogP contribution in [0.2, 0.25) is 0 Å². The van der Waals surface area contributed by atoms with Crippen molar-refractivity contribution in [1.82, 2.24) is 14.1 Å². The summed E-state index contributed by atoms with van der Waals surface area (Å²) in [6.07, 6.45) is 0. The molecule has 0 spiro atoms. The van der Waals surface area contributed by atoms with Gasteiger partial charge in [0.25, 0.3) is 5.56 Å². The zero-order valence-corrected chi connectivity index (χ0v) is 18.0. The number of nitrogens with one attached hydrogen (secondary N) is 2. The normalized spacial score (nSPS) is 15.2. The summed E-state index contributed by atoms with van der Waals surface area (Å²) in [6, 6.07) is 21.5. The SMILES string of the molecule is Cn1c(=O)c2c([C@H]3C(=O)Nc4ccccc43)c(-c3ccc4ccccc4c3)[nH]c2n(C)c1=O. The molecule has 0 fully saturated rings. The van der Waals surface area contributed by atoms with Gasteiger partial charge in [-0.1, -0.05) is 54.6 Å². The van der Waals surface area contributed by atoms with Gasteiger partial charge >= 0.3 is 5.69 Å². The molecule has 162 valence electrons. The molecule has 2 aromatic heterocycles. The number of aromatic amines is 1. The summed E-state index contributed by atoms with van der Waals surface area (Å²) >= 11 is 0. The Labute approximate surface area is 187 Å². The van der Waals surface area contributed by atoms with Crippen LogP contribution in [0.25, 0.3) is 33.1 Å². The number of para-hydroxylation sites is 1. The number of anilines is 1. The Morgan fingerprint density at radius 1 is 0.818 bits per heavy atom. The lowest BCUT2D eigenvalue weighted by atomic mass is 9.88. The van der Waals surface area contributed by atoms with Gasteiger partial charge in [-0.2, -0.15) is 0 Å². The first kappa shape index (κ1) is 19.3. The third-order valence-corrected chi connectivity index (χ3v) is 6.57. The predicted molar refractivity (Wildman–Crippen MR) is 129 cm³/mol.